The van der Waals surface area contributed by atoms with E-state index in [9.17, 15) is 9.90 Å². The predicted molar refractivity (Wildman–Crippen MR) is 62.0 cm³/mol. The number of benzene rings is 1. The summed E-state index contributed by atoms with van der Waals surface area (Å²) in [5.41, 5.74) is 2.01. The Labute approximate surface area is 97.8 Å². The first kappa shape index (κ1) is 11.2. The van der Waals surface area contributed by atoms with Crippen molar-refractivity contribution in [3.05, 3.63) is 35.8 Å². The number of H-pyrrole nitrogens is 1. The standard InChI is InChI=1S/C12H12N2O3/c1-2-9-10(14-11(13-9)12(16)17)7-4-3-5-8(15)6-7/h3-6,15H,2H2,1H3,(H,13,14)(H,16,17). The quantitative estimate of drug-likeness (QED) is 0.755. The Morgan fingerprint density at radius 1 is 1.47 bits per heavy atom. The van der Waals surface area contributed by atoms with Crippen molar-refractivity contribution < 1.29 is 15.0 Å². The smallest absolute Gasteiger partial charge is 0.371 e. The number of aromatic nitrogens is 2. The SMILES string of the molecule is CCc1[nH]c(C(=O)O)nc1-c1cccc(O)c1. The largest absolute Gasteiger partial charge is 0.508 e. The van der Waals surface area contributed by atoms with Crippen LogP contribution >= 0.6 is 0 Å². The molecule has 5 nitrogen and oxygen atoms in total. The minimum atomic E-state index is -1.09. The molecule has 0 bridgehead atoms. The van der Waals surface area contributed by atoms with Gasteiger partial charge in [-0.05, 0) is 18.6 Å². The topological polar surface area (TPSA) is 86.2 Å². The number of hydrogen-bond donors (Lipinski definition) is 3. The summed E-state index contributed by atoms with van der Waals surface area (Å²) in [5.74, 6) is -1.05. The average Bonchev–Trinajstić information content (AvgIpc) is 2.73. The predicted octanol–water partition coefficient (Wildman–Crippen LogP) is 2.04. The number of nitrogens with zero attached hydrogens (tertiary/aromatic N) is 1. The molecule has 88 valence electrons. The summed E-state index contributed by atoms with van der Waals surface area (Å²) < 4.78 is 0. The highest BCUT2D eigenvalue weighted by atomic mass is 16.4. The van der Waals surface area contributed by atoms with Gasteiger partial charge in [0, 0.05) is 11.3 Å². The van der Waals surface area contributed by atoms with Crippen molar-refractivity contribution in [2.24, 2.45) is 0 Å². The molecule has 0 unspecified atom stereocenters. The molecule has 1 aromatic carbocycles. The van der Waals surface area contributed by atoms with Gasteiger partial charge in [-0.25, -0.2) is 9.78 Å². The Morgan fingerprint density at radius 3 is 2.82 bits per heavy atom. The second-order valence-electron chi connectivity index (χ2n) is 3.62. The van der Waals surface area contributed by atoms with Crippen LogP contribution in [0.1, 0.15) is 23.2 Å². The van der Waals surface area contributed by atoms with E-state index >= 15 is 0 Å². The Balaban J connectivity index is 2.54. The molecule has 1 aromatic heterocycles. The van der Waals surface area contributed by atoms with Crippen molar-refractivity contribution in [3.8, 4) is 17.0 Å². The van der Waals surface area contributed by atoms with Crippen LogP contribution in [0.25, 0.3) is 11.3 Å². The van der Waals surface area contributed by atoms with Gasteiger partial charge in [0.2, 0.25) is 5.82 Å². The highest BCUT2D eigenvalue weighted by molar-refractivity contribution is 5.84. The van der Waals surface area contributed by atoms with Crippen LogP contribution in [0.3, 0.4) is 0 Å². The molecule has 17 heavy (non-hydrogen) atoms. The fourth-order valence-corrected chi connectivity index (χ4v) is 1.66. The van der Waals surface area contributed by atoms with Crippen molar-refractivity contribution in [1.82, 2.24) is 9.97 Å². The first-order valence-corrected chi connectivity index (χ1v) is 5.23. The van der Waals surface area contributed by atoms with E-state index in [1.54, 1.807) is 24.3 Å². The summed E-state index contributed by atoms with van der Waals surface area (Å²) in [6.45, 7) is 1.91. The van der Waals surface area contributed by atoms with Crippen LogP contribution in [0.15, 0.2) is 24.3 Å². The highest BCUT2D eigenvalue weighted by Crippen LogP contribution is 2.25. The molecule has 0 saturated carbocycles. The number of rotatable bonds is 3. The third kappa shape index (κ3) is 2.13. The van der Waals surface area contributed by atoms with E-state index in [0.29, 0.717) is 17.7 Å². The van der Waals surface area contributed by atoms with Gasteiger partial charge in [-0.3, -0.25) is 0 Å². The molecule has 0 aliphatic heterocycles. The van der Waals surface area contributed by atoms with Gasteiger partial charge in [0.05, 0.1) is 5.69 Å². The van der Waals surface area contributed by atoms with E-state index in [1.165, 1.54) is 0 Å². The summed E-state index contributed by atoms with van der Waals surface area (Å²) >= 11 is 0. The third-order valence-electron chi connectivity index (χ3n) is 2.45. The number of carboxylic acids is 1. The zero-order valence-corrected chi connectivity index (χ0v) is 9.27. The molecular formula is C12H12N2O3. The number of nitrogens with one attached hydrogen (secondary N) is 1. The average molecular weight is 232 g/mol. The number of aryl methyl sites for hydroxylation is 1. The van der Waals surface area contributed by atoms with Crippen molar-refractivity contribution >= 4 is 5.97 Å². The van der Waals surface area contributed by atoms with Crippen LogP contribution < -0.4 is 0 Å². The van der Waals surface area contributed by atoms with Crippen molar-refractivity contribution in [2.75, 3.05) is 0 Å². The van der Waals surface area contributed by atoms with Gasteiger partial charge < -0.3 is 15.2 Å². The van der Waals surface area contributed by atoms with Crippen molar-refractivity contribution in [3.63, 3.8) is 0 Å². The normalized spacial score (nSPS) is 10.4. The number of aromatic hydroxyl groups is 1. The number of imidazole rings is 1. The third-order valence-corrected chi connectivity index (χ3v) is 2.45. The maximum Gasteiger partial charge on any atom is 0.371 e. The van der Waals surface area contributed by atoms with Crippen LogP contribution in [0.2, 0.25) is 0 Å². The fraction of sp³-hybridized carbons (Fsp3) is 0.167. The minimum Gasteiger partial charge on any atom is -0.508 e. The minimum absolute atomic E-state index is 0.0832. The lowest BCUT2D eigenvalue weighted by atomic mass is 10.1. The molecule has 0 aliphatic carbocycles. The number of hydrogen-bond acceptors (Lipinski definition) is 3. The monoisotopic (exact) mass is 232 g/mol. The van der Waals surface area contributed by atoms with Gasteiger partial charge in [-0.1, -0.05) is 19.1 Å². The van der Waals surface area contributed by atoms with Crippen LogP contribution in [0, 0.1) is 0 Å². The molecule has 5 heteroatoms. The van der Waals surface area contributed by atoms with Crippen molar-refractivity contribution in [1.29, 1.82) is 0 Å². The van der Waals surface area contributed by atoms with E-state index in [-0.39, 0.29) is 11.6 Å². The van der Waals surface area contributed by atoms with Crippen molar-refractivity contribution in [2.45, 2.75) is 13.3 Å². The Bertz CT molecular complexity index is 561. The van der Waals surface area contributed by atoms with E-state index in [0.717, 1.165) is 5.69 Å². The molecule has 2 aromatic rings. The number of aromatic amines is 1. The summed E-state index contributed by atoms with van der Waals surface area (Å²) in [6, 6.07) is 6.58. The lowest BCUT2D eigenvalue weighted by molar-refractivity contribution is 0.0684. The molecule has 0 amide bonds. The Hall–Kier alpha value is -2.30. The maximum atomic E-state index is 10.8. The highest BCUT2D eigenvalue weighted by Gasteiger charge is 2.15. The molecular weight excluding hydrogens is 220 g/mol. The zero-order chi connectivity index (χ0) is 12.4. The molecule has 0 radical (unpaired) electrons. The zero-order valence-electron chi connectivity index (χ0n) is 9.27. The molecule has 0 atom stereocenters. The fourth-order valence-electron chi connectivity index (χ4n) is 1.66. The lowest BCUT2D eigenvalue weighted by Gasteiger charge is -2.00. The Morgan fingerprint density at radius 2 is 2.24 bits per heavy atom. The molecule has 0 fully saturated rings. The number of carbonyl (C=O) groups is 1. The first-order chi connectivity index (χ1) is 8.11. The molecule has 2 rings (SSSR count). The van der Waals surface area contributed by atoms with Gasteiger partial charge in [-0.15, -0.1) is 0 Å². The summed E-state index contributed by atoms with van der Waals surface area (Å²) in [7, 11) is 0. The summed E-state index contributed by atoms with van der Waals surface area (Å²) in [5, 5.41) is 18.3. The maximum absolute atomic E-state index is 10.8. The van der Waals surface area contributed by atoms with Crippen LogP contribution in [-0.4, -0.2) is 26.2 Å². The number of aromatic carboxylic acids is 1. The van der Waals surface area contributed by atoms with Crippen LogP contribution in [0.4, 0.5) is 0 Å². The molecule has 3 N–H and O–H groups in total. The molecule has 1 heterocycles. The van der Waals surface area contributed by atoms with Crippen LogP contribution in [0.5, 0.6) is 5.75 Å². The second-order valence-corrected chi connectivity index (χ2v) is 3.62. The molecule has 0 saturated heterocycles. The lowest BCUT2D eigenvalue weighted by Crippen LogP contribution is -1.98. The van der Waals surface area contributed by atoms with E-state index < -0.39 is 5.97 Å². The van der Waals surface area contributed by atoms with E-state index in [4.69, 9.17) is 5.11 Å². The summed E-state index contributed by atoms with van der Waals surface area (Å²) in [4.78, 5) is 17.6. The number of phenolic OH excluding ortho intramolecular Hbond substituents is 1. The van der Waals surface area contributed by atoms with Gasteiger partial charge in [0.15, 0.2) is 0 Å². The molecule has 0 aliphatic rings. The van der Waals surface area contributed by atoms with Gasteiger partial charge in [0.25, 0.3) is 0 Å². The molecule has 0 spiro atoms. The Kier molecular flexibility index (Phi) is 2.82. The van der Waals surface area contributed by atoms with Gasteiger partial charge >= 0.3 is 5.97 Å². The number of phenols is 1. The number of carboxylic acid groups (broad SMARTS) is 1. The first-order valence-electron chi connectivity index (χ1n) is 5.23. The van der Waals surface area contributed by atoms with Gasteiger partial charge in [0.1, 0.15) is 5.75 Å². The van der Waals surface area contributed by atoms with Crippen LogP contribution in [-0.2, 0) is 6.42 Å². The van der Waals surface area contributed by atoms with E-state index in [2.05, 4.69) is 9.97 Å². The second kappa shape index (κ2) is 4.29. The summed E-state index contributed by atoms with van der Waals surface area (Å²) in [6.07, 6.45) is 0.644. The van der Waals surface area contributed by atoms with E-state index in [1.807, 2.05) is 6.92 Å². The van der Waals surface area contributed by atoms with Gasteiger partial charge in [-0.2, -0.15) is 0 Å².